The van der Waals surface area contributed by atoms with Gasteiger partial charge in [0.05, 0.1) is 34.6 Å². The number of anilines is 4. The number of hydrogen-bond donors (Lipinski definition) is 3. The van der Waals surface area contributed by atoms with Gasteiger partial charge in [-0.1, -0.05) is 36.8 Å². The van der Waals surface area contributed by atoms with E-state index in [1.165, 1.54) is 38.4 Å². The largest absolute Gasteiger partial charge is 0.357 e. The second kappa shape index (κ2) is 20.3. The third-order valence-corrected chi connectivity index (χ3v) is 16.7. The Balaban J connectivity index is 0.000000177. The molecule has 0 bridgehead atoms. The maximum atomic E-state index is 14.8. The van der Waals surface area contributed by atoms with Gasteiger partial charge in [-0.15, -0.1) is 0 Å². The number of pyridine rings is 2. The molecular weight excluding hydrogens is 910 g/mol. The van der Waals surface area contributed by atoms with Gasteiger partial charge in [-0.25, -0.2) is 19.3 Å². The van der Waals surface area contributed by atoms with Gasteiger partial charge in [-0.2, -0.15) is 0 Å². The number of para-hydroxylation sites is 1. The predicted molar refractivity (Wildman–Crippen MR) is 277 cm³/mol. The SMILES string of the molecule is CC(C)n1cnc2cc(-c3ccc4c(c3)N(C3CC(N5CCCCC5)C3)C(=O)C43CCNCC3)nc(Nc3ccccc3F)c21.O=C1CCC(c2ccc(N3CCC(C(=O)N4CCCC4)CC3)nc2)C(=O)N1. The summed E-state index contributed by atoms with van der Waals surface area (Å²) in [5.41, 5.74) is 6.27. The number of carbonyl (C=O) groups is 4. The fourth-order valence-corrected chi connectivity index (χ4v) is 12.5. The van der Waals surface area contributed by atoms with E-state index in [1.807, 2.05) is 35.5 Å². The summed E-state index contributed by atoms with van der Waals surface area (Å²) in [6, 6.07) is 20.0. The number of nitrogens with one attached hydrogen (secondary N) is 3. The number of amides is 4. The lowest BCUT2D eigenvalue weighted by molar-refractivity contribution is -0.135. The molecule has 3 aromatic heterocycles. The van der Waals surface area contributed by atoms with Crippen molar-refractivity contribution >= 4 is 57.7 Å². The number of fused-ring (bicyclic) bond motifs is 3. The van der Waals surface area contributed by atoms with Crippen LogP contribution in [-0.2, 0) is 24.6 Å². The van der Waals surface area contributed by atoms with Gasteiger partial charge in [0.25, 0.3) is 0 Å². The monoisotopic (exact) mass is 978 g/mol. The number of imide groups is 1. The third kappa shape index (κ3) is 9.24. The summed E-state index contributed by atoms with van der Waals surface area (Å²) in [4.78, 5) is 73.7. The van der Waals surface area contributed by atoms with E-state index in [1.54, 1.807) is 18.3 Å². The Kier molecular flexibility index (Phi) is 13.6. The fourth-order valence-electron chi connectivity index (χ4n) is 12.5. The van der Waals surface area contributed by atoms with Crippen LogP contribution in [0.5, 0.6) is 0 Å². The number of likely N-dealkylation sites (tertiary alicyclic amines) is 2. The molecule has 12 rings (SSSR count). The molecule has 0 radical (unpaired) electrons. The number of nitrogens with zero attached hydrogens (tertiary/aromatic N) is 8. The van der Waals surface area contributed by atoms with Gasteiger partial charge in [0, 0.05) is 74.1 Å². The van der Waals surface area contributed by atoms with Crippen LogP contribution in [0.3, 0.4) is 0 Å². The van der Waals surface area contributed by atoms with Crippen LogP contribution in [0.15, 0.2) is 73.2 Å². The minimum absolute atomic E-state index is 0.141. The van der Waals surface area contributed by atoms with Gasteiger partial charge in [-0.05, 0) is 152 Å². The first-order valence-electron chi connectivity index (χ1n) is 26.7. The first-order valence-corrected chi connectivity index (χ1v) is 26.7. The lowest BCUT2D eigenvalue weighted by atomic mass is 9.74. The topological polar surface area (TPSA) is 161 Å². The van der Waals surface area contributed by atoms with Crippen molar-refractivity contribution in [3.8, 4) is 11.3 Å². The fraction of sp³-hybridized carbons (Fsp3) is 0.518. The highest BCUT2D eigenvalue weighted by Crippen LogP contribution is 2.51. The highest BCUT2D eigenvalue weighted by molar-refractivity contribution is 6.09. The van der Waals surface area contributed by atoms with E-state index in [0.29, 0.717) is 36.3 Å². The number of piperidine rings is 4. The van der Waals surface area contributed by atoms with E-state index in [2.05, 4.69) is 72.2 Å². The molecule has 1 saturated carbocycles. The zero-order valence-electron chi connectivity index (χ0n) is 41.8. The van der Waals surface area contributed by atoms with Crippen molar-refractivity contribution in [2.75, 3.05) is 67.5 Å². The Morgan fingerprint density at radius 1 is 0.833 bits per heavy atom. The Morgan fingerprint density at radius 2 is 1.58 bits per heavy atom. The maximum absolute atomic E-state index is 14.8. The summed E-state index contributed by atoms with van der Waals surface area (Å²) in [6.07, 6.45) is 16.1. The van der Waals surface area contributed by atoms with Crippen LogP contribution in [0.2, 0.25) is 0 Å². The molecule has 4 amide bonds. The number of imidazole rings is 1. The number of halogens is 1. The molecule has 6 aliphatic heterocycles. The van der Waals surface area contributed by atoms with Crippen LogP contribution in [0.25, 0.3) is 22.3 Å². The van der Waals surface area contributed by atoms with Crippen molar-refractivity contribution in [1.29, 1.82) is 0 Å². The maximum Gasteiger partial charge on any atom is 0.238 e. The normalized spacial score (nSPS) is 23.5. The Morgan fingerprint density at radius 3 is 2.29 bits per heavy atom. The first-order chi connectivity index (χ1) is 35.0. The van der Waals surface area contributed by atoms with Crippen molar-refractivity contribution in [2.24, 2.45) is 5.92 Å². The van der Waals surface area contributed by atoms with Crippen molar-refractivity contribution in [3.05, 3.63) is 90.1 Å². The molecule has 72 heavy (non-hydrogen) atoms. The van der Waals surface area contributed by atoms with Crippen molar-refractivity contribution < 1.29 is 23.6 Å². The first kappa shape index (κ1) is 48.0. The highest BCUT2D eigenvalue weighted by Gasteiger charge is 2.55. The van der Waals surface area contributed by atoms with Gasteiger partial charge >= 0.3 is 0 Å². The van der Waals surface area contributed by atoms with E-state index in [9.17, 15) is 23.6 Å². The molecule has 6 fully saturated rings. The van der Waals surface area contributed by atoms with Crippen molar-refractivity contribution in [2.45, 2.75) is 127 Å². The number of rotatable bonds is 9. The smallest absolute Gasteiger partial charge is 0.238 e. The predicted octanol–water partition coefficient (Wildman–Crippen LogP) is 7.99. The molecule has 7 aliphatic rings. The lowest BCUT2D eigenvalue weighted by Crippen LogP contribution is -2.58. The van der Waals surface area contributed by atoms with Crippen LogP contribution >= 0.6 is 0 Å². The molecule has 1 atom stereocenters. The van der Waals surface area contributed by atoms with Gasteiger partial charge in [-0.3, -0.25) is 24.5 Å². The Bertz CT molecular complexity index is 2820. The quantitative estimate of drug-likeness (QED) is 0.123. The zero-order chi connectivity index (χ0) is 49.5. The van der Waals surface area contributed by atoms with Gasteiger partial charge < -0.3 is 34.8 Å². The molecule has 378 valence electrons. The van der Waals surface area contributed by atoms with Crippen LogP contribution in [0.4, 0.5) is 27.4 Å². The summed E-state index contributed by atoms with van der Waals surface area (Å²) < 4.78 is 16.9. The average molecular weight is 978 g/mol. The minimum atomic E-state index is -0.458. The van der Waals surface area contributed by atoms with Gasteiger partial charge in [0.2, 0.25) is 23.6 Å². The summed E-state index contributed by atoms with van der Waals surface area (Å²) in [5.74, 6) is 1.12. The average Bonchev–Trinajstić information content (AvgIpc) is 4.14. The summed E-state index contributed by atoms with van der Waals surface area (Å²) >= 11 is 0. The second-order valence-electron chi connectivity index (χ2n) is 21.4. The van der Waals surface area contributed by atoms with Crippen LogP contribution in [0, 0.1) is 11.7 Å². The van der Waals surface area contributed by atoms with E-state index < -0.39 is 5.41 Å². The summed E-state index contributed by atoms with van der Waals surface area (Å²) in [7, 11) is 0. The van der Waals surface area contributed by atoms with Gasteiger partial charge in [0.1, 0.15) is 17.2 Å². The van der Waals surface area contributed by atoms with Crippen LogP contribution in [0.1, 0.15) is 120 Å². The second-order valence-corrected chi connectivity index (χ2v) is 21.4. The third-order valence-electron chi connectivity index (χ3n) is 16.7. The number of carbonyl (C=O) groups excluding carboxylic acids is 4. The van der Waals surface area contributed by atoms with E-state index >= 15 is 0 Å². The molecule has 15 nitrogen and oxygen atoms in total. The molecule has 1 unspecified atom stereocenters. The standard InChI is InChI=1S/C36H42FN7O.C20H26N4O3/c1-23(2)43-22-39-31-21-30(41-34(33(31)43)40-29-9-5-4-8-28(29)37)24-10-11-27-32(18-24)44(35(45)36(27)12-14-38-15-13-36)26-19-25(20-26)42-16-6-3-7-17-42;25-18-6-4-16(19(26)22-18)15-3-5-17(21-13-15)23-11-7-14(8-12-23)20(27)24-9-1-2-10-24/h4-5,8-11,18,21-23,25-26,38H,3,6-7,12-17,19-20H2,1-2H3,(H,40,41);3,5,13-14,16H,1-2,4,6-12H2,(H,22,25,26). The molecular formula is C56H68FN11O4. The molecule has 5 aromatic rings. The van der Waals surface area contributed by atoms with E-state index in [4.69, 9.17) is 9.97 Å². The zero-order valence-corrected chi connectivity index (χ0v) is 41.8. The minimum Gasteiger partial charge on any atom is -0.357 e. The van der Waals surface area contributed by atoms with Gasteiger partial charge in [0.15, 0.2) is 5.82 Å². The Hall–Kier alpha value is -6.26. The number of benzene rings is 2. The number of hydrogen-bond acceptors (Lipinski definition) is 11. The highest BCUT2D eigenvalue weighted by atomic mass is 19.1. The van der Waals surface area contributed by atoms with E-state index in [-0.39, 0.29) is 47.5 Å². The lowest BCUT2D eigenvalue weighted by Gasteiger charge is -2.48. The molecule has 1 aliphatic carbocycles. The molecule has 16 heteroatoms. The number of aromatic nitrogens is 4. The van der Waals surface area contributed by atoms with Crippen molar-refractivity contribution in [1.82, 2.24) is 40.0 Å². The van der Waals surface area contributed by atoms with Crippen molar-refractivity contribution in [3.63, 3.8) is 0 Å². The van der Waals surface area contributed by atoms with E-state index in [0.717, 1.165) is 136 Å². The van der Waals surface area contributed by atoms with Crippen LogP contribution < -0.4 is 25.8 Å². The molecule has 1 spiro atoms. The molecule has 3 N–H and O–H groups in total. The van der Waals surface area contributed by atoms with Crippen LogP contribution in [-0.4, -0.2) is 117 Å². The summed E-state index contributed by atoms with van der Waals surface area (Å²) in [6.45, 7) is 11.8. The molecule has 9 heterocycles. The molecule has 2 aromatic carbocycles. The Labute approximate surface area is 421 Å². The molecule has 5 saturated heterocycles. The summed E-state index contributed by atoms with van der Waals surface area (Å²) in [5, 5.41) is 9.14.